The Morgan fingerprint density at radius 3 is 1.74 bits per heavy atom. The maximum absolute atomic E-state index is 13.6. The Balaban J connectivity index is 2.49. The predicted octanol–water partition coefficient (Wildman–Crippen LogP) is 5.24. The van der Waals surface area contributed by atoms with Crippen molar-refractivity contribution in [2.75, 3.05) is 5.73 Å². The fourth-order valence-electron chi connectivity index (χ4n) is 1.71. The van der Waals surface area contributed by atoms with Gasteiger partial charge in [0.1, 0.15) is 5.75 Å². The van der Waals surface area contributed by atoms with Crippen molar-refractivity contribution in [1.82, 2.24) is 0 Å². The second-order valence-corrected chi connectivity index (χ2v) is 4.53. The standard InChI is InChI=1S/C14H8F7NO/c15-11-6-9(22)1-2-12(11)23-10-4-7(13(16,17)18)3-8(5-10)14(19,20)21/h1-6H,22H2. The van der Waals surface area contributed by atoms with Gasteiger partial charge < -0.3 is 10.5 Å². The molecule has 2 rings (SSSR count). The second-order valence-electron chi connectivity index (χ2n) is 4.53. The average molecular weight is 339 g/mol. The number of alkyl halides is 6. The number of anilines is 1. The molecule has 0 fully saturated rings. The summed E-state index contributed by atoms with van der Waals surface area (Å²) in [6, 6.07) is 3.67. The fourth-order valence-corrected chi connectivity index (χ4v) is 1.71. The maximum Gasteiger partial charge on any atom is 0.416 e. The molecule has 0 aromatic heterocycles. The molecule has 124 valence electrons. The van der Waals surface area contributed by atoms with Crippen LogP contribution in [-0.4, -0.2) is 0 Å². The van der Waals surface area contributed by atoms with Gasteiger partial charge in [-0.2, -0.15) is 26.3 Å². The van der Waals surface area contributed by atoms with E-state index in [9.17, 15) is 30.7 Å². The molecule has 2 aromatic rings. The second kappa shape index (κ2) is 5.64. The van der Waals surface area contributed by atoms with Gasteiger partial charge in [-0.25, -0.2) is 4.39 Å². The molecule has 0 radical (unpaired) electrons. The summed E-state index contributed by atoms with van der Waals surface area (Å²) in [5, 5.41) is 0. The quantitative estimate of drug-likeness (QED) is 0.600. The number of benzene rings is 2. The zero-order valence-electron chi connectivity index (χ0n) is 11.1. The van der Waals surface area contributed by atoms with Crippen LogP contribution in [0.2, 0.25) is 0 Å². The molecule has 9 heteroatoms. The van der Waals surface area contributed by atoms with E-state index in [4.69, 9.17) is 10.5 Å². The summed E-state index contributed by atoms with van der Waals surface area (Å²) >= 11 is 0. The van der Waals surface area contributed by atoms with Gasteiger partial charge >= 0.3 is 12.4 Å². The molecular formula is C14H8F7NO. The van der Waals surface area contributed by atoms with E-state index >= 15 is 0 Å². The van der Waals surface area contributed by atoms with Gasteiger partial charge in [-0.15, -0.1) is 0 Å². The maximum atomic E-state index is 13.6. The minimum Gasteiger partial charge on any atom is -0.454 e. The first-order valence-electron chi connectivity index (χ1n) is 5.99. The summed E-state index contributed by atoms with van der Waals surface area (Å²) in [5.41, 5.74) is 2.20. The Labute approximate surface area is 125 Å². The van der Waals surface area contributed by atoms with Crippen LogP contribution in [0.25, 0.3) is 0 Å². The molecule has 0 heterocycles. The summed E-state index contributed by atoms with van der Waals surface area (Å²) in [6.45, 7) is 0. The van der Waals surface area contributed by atoms with Crippen LogP contribution in [0.5, 0.6) is 11.5 Å². The monoisotopic (exact) mass is 339 g/mol. The average Bonchev–Trinajstić information content (AvgIpc) is 2.40. The van der Waals surface area contributed by atoms with Gasteiger partial charge in [-0.05, 0) is 30.3 Å². The molecule has 0 atom stereocenters. The molecule has 2 aromatic carbocycles. The van der Waals surface area contributed by atoms with Crippen LogP contribution < -0.4 is 10.5 Å². The lowest BCUT2D eigenvalue weighted by Crippen LogP contribution is -2.11. The summed E-state index contributed by atoms with van der Waals surface area (Å²) in [4.78, 5) is 0. The number of rotatable bonds is 2. The number of halogens is 7. The predicted molar refractivity (Wildman–Crippen MR) is 67.3 cm³/mol. The normalized spacial score (nSPS) is 12.3. The highest BCUT2D eigenvalue weighted by molar-refractivity contribution is 5.45. The van der Waals surface area contributed by atoms with Gasteiger partial charge in [0.05, 0.1) is 11.1 Å². The molecule has 0 aliphatic rings. The van der Waals surface area contributed by atoms with E-state index in [0.717, 1.165) is 12.1 Å². The van der Waals surface area contributed by atoms with Gasteiger partial charge in [0.2, 0.25) is 0 Å². The third kappa shape index (κ3) is 4.05. The molecule has 0 saturated heterocycles. The summed E-state index contributed by atoms with van der Waals surface area (Å²) in [7, 11) is 0. The van der Waals surface area contributed by atoms with E-state index in [1.807, 2.05) is 0 Å². The topological polar surface area (TPSA) is 35.2 Å². The number of nitrogens with two attached hydrogens (primary N) is 1. The third-order valence-electron chi connectivity index (χ3n) is 2.74. The fraction of sp³-hybridized carbons (Fsp3) is 0.143. The highest BCUT2D eigenvalue weighted by Crippen LogP contribution is 2.39. The molecular weight excluding hydrogens is 331 g/mol. The van der Waals surface area contributed by atoms with Crippen LogP contribution in [0.1, 0.15) is 11.1 Å². The van der Waals surface area contributed by atoms with Crippen LogP contribution in [0.15, 0.2) is 36.4 Å². The Hall–Kier alpha value is -2.45. The van der Waals surface area contributed by atoms with Crippen molar-refractivity contribution in [2.24, 2.45) is 0 Å². The van der Waals surface area contributed by atoms with Gasteiger partial charge in [0, 0.05) is 11.8 Å². The zero-order chi connectivity index (χ0) is 17.4. The Kier molecular flexibility index (Phi) is 4.14. The molecule has 0 amide bonds. The van der Waals surface area contributed by atoms with Crippen LogP contribution in [0, 0.1) is 5.82 Å². The number of nitrogen functional groups attached to an aromatic ring is 1. The van der Waals surface area contributed by atoms with Crippen molar-refractivity contribution < 1.29 is 35.5 Å². The van der Waals surface area contributed by atoms with Crippen LogP contribution >= 0.6 is 0 Å². The Morgan fingerprint density at radius 1 is 0.783 bits per heavy atom. The van der Waals surface area contributed by atoms with Crippen LogP contribution in [-0.2, 0) is 12.4 Å². The van der Waals surface area contributed by atoms with Crippen molar-refractivity contribution in [1.29, 1.82) is 0 Å². The molecule has 23 heavy (non-hydrogen) atoms. The van der Waals surface area contributed by atoms with E-state index in [0.29, 0.717) is 12.1 Å². The minimum atomic E-state index is -5.01. The molecule has 2 N–H and O–H groups in total. The van der Waals surface area contributed by atoms with Crippen molar-refractivity contribution in [2.45, 2.75) is 12.4 Å². The lowest BCUT2D eigenvalue weighted by Gasteiger charge is -2.15. The van der Waals surface area contributed by atoms with E-state index < -0.39 is 40.8 Å². The Morgan fingerprint density at radius 2 is 1.30 bits per heavy atom. The van der Waals surface area contributed by atoms with Crippen molar-refractivity contribution in [3.05, 3.63) is 53.3 Å². The molecule has 2 nitrogen and oxygen atoms in total. The molecule has 0 bridgehead atoms. The number of hydrogen-bond donors (Lipinski definition) is 1. The van der Waals surface area contributed by atoms with Gasteiger partial charge in [-0.3, -0.25) is 0 Å². The number of hydrogen-bond acceptors (Lipinski definition) is 2. The smallest absolute Gasteiger partial charge is 0.416 e. The minimum absolute atomic E-state index is 0.0230. The van der Waals surface area contributed by atoms with Gasteiger partial charge in [0.15, 0.2) is 11.6 Å². The summed E-state index contributed by atoms with van der Waals surface area (Å²) < 4.78 is 94.5. The number of ether oxygens (including phenoxy) is 1. The van der Waals surface area contributed by atoms with Gasteiger partial charge in [0.25, 0.3) is 0 Å². The molecule has 0 unspecified atom stereocenters. The molecule has 0 aliphatic heterocycles. The third-order valence-corrected chi connectivity index (χ3v) is 2.74. The van der Waals surface area contributed by atoms with Crippen molar-refractivity contribution in [3.8, 4) is 11.5 Å². The van der Waals surface area contributed by atoms with Crippen LogP contribution in [0.3, 0.4) is 0 Å². The first-order chi connectivity index (χ1) is 10.5. The lowest BCUT2D eigenvalue weighted by molar-refractivity contribution is -0.143. The van der Waals surface area contributed by atoms with Crippen molar-refractivity contribution >= 4 is 5.69 Å². The molecule has 0 saturated carbocycles. The van der Waals surface area contributed by atoms with Crippen molar-refractivity contribution in [3.63, 3.8) is 0 Å². The molecule has 0 spiro atoms. The molecule has 0 aliphatic carbocycles. The highest BCUT2D eigenvalue weighted by atomic mass is 19.4. The highest BCUT2D eigenvalue weighted by Gasteiger charge is 2.37. The van der Waals surface area contributed by atoms with E-state index in [1.165, 1.54) is 6.07 Å². The zero-order valence-corrected chi connectivity index (χ0v) is 11.1. The van der Waals surface area contributed by atoms with E-state index in [2.05, 4.69) is 0 Å². The van der Waals surface area contributed by atoms with Gasteiger partial charge in [-0.1, -0.05) is 0 Å². The van der Waals surface area contributed by atoms with E-state index in [-0.39, 0.29) is 11.8 Å². The first-order valence-corrected chi connectivity index (χ1v) is 5.99. The summed E-state index contributed by atoms with van der Waals surface area (Å²) in [5.74, 6) is -2.36. The largest absolute Gasteiger partial charge is 0.454 e. The summed E-state index contributed by atoms with van der Waals surface area (Å²) in [6.07, 6.45) is -10.0. The van der Waals surface area contributed by atoms with Crippen LogP contribution in [0.4, 0.5) is 36.4 Å². The lowest BCUT2D eigenvalue weighted by atomic mass is 10.1. The first kappa shape index (κ1) is 16.9. The SMILES string of the molecule is Nc1ccc(Oc2cc(C(F)(F)F)cc(C(F)(F)F)c2)c(F)c1. The van der Waals surface area contributed by atoms with E-state index in [1.54, 1.807) is 0 Å². The Bertz CT molecular complexity index is 690.